The average molecular weight is 266 g/mol. The Morgan fingerprint density at radius 3 is 2.41 bits per heavy atom. The van der Waals surface area contributed by atoms with Gasteiger partial charge in [-0.1, -0.05) is 25.4 Å². The van der Waals surface area contributed by atoms with Crippen LogP contribution in [0.15, 0.2) is 12.1 Å². The molecule has 2 nitrogen and oxygen atoms in total. The standard InChI is InChI=1S/C11H11ClF3NO/c1-6(2)5-9(17)8-4-3-7(10(12)16-8)11(13,14)15/h3-4,6H,5H2,1-2H3. The van der Waals surface area contributed by atoms with Crippen LogP contribution in [0.2, 0.25) is 5.15 Å². The van der Waals surface area contributed by atoms with E-state index in [4.69, 9.17) is 11.6 Å². The van der Waals surface area contributed by atoms with E-state index in [1.807, 2.05) is 13.8 Å². The van der Waals surface area contributed by atoms with Gasteiger partial charge in [-0.25, -0.2) is 4.98 Å². The third kappa shape index (κ3) is 3.70. The fourth-order valence-corrected chi connectivity index (χ4v) is 1.54. The summed E-state index contributed by atoms with van der Waals surface area (Å²) in [6.45, 7) is 3.67. The molecule has 0 amide bonds. The Morgan fingerprint density at radius 1 is 1.41 bits per heavy atom. The van der Waals surface area contributed by atoms with Crippen molar-refractivity contribution in [2.45, 2.75) is 26.4 Å². The van der Waals surface area contributed by atoms with E-state index in [2.05, 4.69) is 4.98 Å². The molecule has 0 atom stereocenters. The fraction of sp³-hybridized carbons (Fsp3) is 0.455. The first-order valence-corrected chi connectivity index (χ1v) is 5.36. The third-order valence-corrected chi connectivity index (χ3v) is 2.32. The molecule has 0 saturated carbocycles. The molecule has 0 aliphatic heterocycles. The van der Waals surface area contributed by atoms with Gasteiger partial charge in [0.25, 0.3) is 0 Å². The SMILES string of the molecule is CC(C)CC(=O)c1ccc(C(F)(F)F)c(Cl)n1. The monoisotopic (exact) mass is 265 g/mol. The summed E-state index contributed by atoms with van der Waals surface area (Å²) >= 11 is 5.41. The number of carbonyl (C=O) groups excluding carboxylic acids is 1. The van der Waals surface area contributed by atoms with Crippen LogP contribution in [0.3, 0.4) is 0 Å². The molecule has 6 heteroatoms. The second-order valence-electron chi connectivity index (χ2n) is 4.05. The van der Waals surface area contributed by atoms with Crippen molar-refractivity contribution < 1.29 is 18.0 Å². The number of rotatable bonds is 3. The number of halogens is 4. The normalized spacial score (nSPS) is 11.9. The number of nitrogens with zero attached hydrogens (tertiary/aromatic N) is 1. The smallest absolute Gasteiger partial charge is 0.292 e. The van der Waals surface area contributed by atoms with Crippen LogP contribution in [-0.2, 0) is 6.18 Å². The number of carbonyl (C=O) groups is 1. The molecule has 0 N–H and O–H groups in total. The molecule has 1 aromatic heterocycles. The summed E-state index contributed by atoms with van der Waals surface area (Å²) in [6, 6.07) is 1.84. The van der Waals surface area contributed by atoms with Crippen molar-refractivity contribution in [3.63, 3.8) is 0 Å². The molecule has 1 aromatic rings. The molecule has 0 unspecified atom stereocenters. The minimum Gasteiger partial charge on any atom is -0.292 e. The maximum absolute atomic E-state index is 12.4. The van der Waals surface area contributed by atoms with Crippen LogP contribution in [0.4, 0.5) is 13.2 Å². The lowest BCUT2D eigenvalue weighted by atomic mass is 10.0. The maximum atomic E-state index is 12.4. The van der Waals surface area contributed by atoms with Crippen molar-refractivity contribution in [1.29, 1.82) is 0 Å². The Hall–Kier alpha value is -1.10. The maximum Gasteiger partial charge on any atom is 0.419 e. The third-order valence-electron chi connectivity index (χ3n) is 2.03. The molecule has 1 rings (SSSR count). The predicted molar refractivity (Wildman–Crippen MR) is 58.0 cm³/mol. The molecule has 94 valence electrons. The van der Waals surface area contributed by atoms with E-state index in [0.717, 1.165) is 12.1 Å². The predicted octanol–water partition coefficient (Wildman–Crippen LogP) is 3.98. The Balaban J connectivity index is 3.01. The van der Waals surface area contributed by atoms with Crippen molar-refractivity contribution in [2.75, 3.05) is 0 Å². The van der Waals surface area contributed by atoms with Crippen LogP contribution < -0.4 is 0 Å². The molecular weight excluding hydrogens is 255 g/mol. The van der Waals surface area contributed by atoms with Gasteiger partial charge in [-0.15, -0.1) is 0 Å². The highest BCUT2D eigenvalue weighted by Crippen LogP contribution is 2.33. The quantitative estimate of drug-likeness (QED) is 0.611. The first-order chi connectivity index (χ1) is 7.71. The van der Waals surface area contributed by atoms with Gasteiger partial charge in [-0.3, -0.25) is 4.79 Å². The zero-order valence-corrected chi connectivity index (χ0v) is 10.1. The van der Waals surface area contributed by atoms with E-state index >= 15 is 0 Å². The summed E-state index contributed by atoms with van der Waals surface area (Å²) in [4.78, 5) is 15.1. The molecule has 0 radical (unpaired) electrons. The van der Waals surface area contributed by atoms with E-state index in [-0.39, 0.29) is 23.8 Å². The number of hydrogen-bond donors (Lipinski definition) is 0. The fourth-order valence-electron chi connectivity index (χ4n) is 1.28. The van der Waals surface area contributed by atoms with E-state index in [0.29, 0.717) is 0 Å². The van der Waals surface area contributed by atoms with Crippen molar-refractivity contribution in [1.82, 2.24) is 4.98 Å². The topological polar surface area (TPSA) is 30.0 Å². The second-order valence-corrected chi connectivity index (χ2v) is 4.41. The van der Waals surface area contributed by atoms with E-state index in [9.17, 15) is 18.0 Å². The number of ketones is 1. The van der Waals surface area contributed by atoms with Crippen molar-refractivity contribution in [2.24, 2.45) is 5.92 Å². The van der Waals surface area contributed by atoms with Gasteiger partial charge >= 0.3 is 6.18 Å². The Morgan fingerprint density at radius 2 is 2.00 bits per heavy atom. The van der Waals surface area contributed by atoms with Crippen LogP contribution in [0.1, 0.15) is 36.3 Å². The summed E-state index contributed by atoms with van der Waals surface area (Å²) in [5, 5.41) is -0.688. The van der Waals surface area contributed by atoms with Crippen molar-refractivity contribution >= 4 is 17.4 Å². The minimum absolute atomic E-state index is 0.0308. The van der Waals surface area contributed by atoms with Crippen LogP contribution in [0.5, 0.6) is 0 Å². The van der Waals surface area contributed by atoms with Gasteiger partial charge in [0.15, 0.2) is 5.78 Å². The number of hydrogen-bond acceptors (Lipinski definition) is 2. The van der Waals surface area contributed by atoms with Gasteiger partial charge in [0.05, 0.1) is 5.56 Å². The molecule has 0 aromatic carbocycles. The molecule has 0 spiro atoms. The van der Waals surface area contributed by atoms with Gasteiger partial charge in [-0.2, -0.15) is 13.2 Å². The number of pyridine rings is 1. The lowest BCUT2D eigenvalue weighted by molar-refractivity contribution is -0.137. The van der Waals surface area contributed by atoms with Crippen LogP contribution in [0, 0.1) is 5.92 Å². The number of alkyl halides is 3. The first kappa shape index (κ1) is 14.0. The molecule has 0 saturated heterocycles. The molecule has 0 aliphatic rings. The van der Waals surface area contributed by atoms with Gasteiger partial charge in [0, 0.05) is 6.42 Å². The summed E-state index contributed by atoms with van der Waals surface area (Å²) in [6.07, 6.45) is -4.32. The summed E-state index contributed by atoms with van der Waals surface area (Å²) < 4.78 is 37.1. The van der Waals surface area contributed by atoms with Gasteiger partial charge in [-0.05, 0) is 18.1 Å². The Bertz CT molecular complexity index is 429. The molecule has 1 heterocycles. The van der Waals surface area contributed by atoms with E-state index in [1.165, 1.54) is 0 Å². The van der Waals surface area contributed by atoms with Crippen molar-refractivity contribution in [3.8, 4) is 0 Å². The second kappa shape index (κ2) is 5.04. The van der Waals surface area contributed by atoms with Gasteiger partial charge in [0.1, 0.15) is 10.8 Å². The molecule has 0 bridgehead atoms. The summed E-state index contributed by atoms with van der Waals surface area (Å²) in [7, 11) is 0. The highest BCUT2D eigenvalue weighted by Gasteiger charge is 2.34. The van der Waals surface area contributed by atoms with Crippen LogP contribution >= 0.6 is 11.6 Å². The Labute approximate surface area is 102 Å². The van der Waals surface area contributed by atoms with Crippen molar-refractivity contribution in [3.05, 3.63) is 28.5 Å². The molecule has 0 aliphatic carbocycles. The Kier molecular flexibility index (Phi) is 4.14. The number of Topliss-reactive ketones (excluding diaryl/α,β-unsaturated/α-hetero) is 1. The first-order valence-electron chi connectivity index (χ1n) is 4.98. The summed E-state index contributed by atoms with van der Waals surface area (Å²) in [5.74, 6) is -0.194. The lowest BCUT2D eigenvalue weighted by Gasteiger charge is -2.09. The van der Waals surface area contributed by atoms with E-state index in [1.54, 1.807) is 0 Å². The molecule has 0 fully saturated rings. The van der Waals surface area contributed by atoms with Gasteiger partial charge < -0.3 is 0 Å². The molecule has 17 heavy (non-hydrogen) atoms. The average Bonchev–Trinajstić information content (AvgIpc) is 2.14. The molecular formula is C11H11ClF3NO. The highest BCUT2D eigenvalue weighted by molar-refractivity contribution is 6.30. The lowest BCUT2D eigenvalue weighted by Crippen LogP contribution is -2.11. The minimum atomic E-state index is -4.55. The zero-order valence-electron chi connectivity index (χ0n) is 9.31. The van der Waals surface area contributed by atoms with Gasteiger partial charge in [0.2, 0.25) is 0 Å². The van der Waals surface area contributed by atoms with Crippen LogP contribution in [0.25, 0.3) is 0 Å². The van der Waals surface area contributed by atoms with Crippen LogP contribution in [-0.4, -0.2) is 10.8 Å². The largest absolute Gasteiger partial charge is 0.419 e. The zero-order chi connectivity index (χ0) is 13.2. The number of aromatic nitrogens is 1. The summed E-state index contributed by atoms with van der Waals surface area (Å²) in [5.41, 5.74) is -1.06. The van der Waals surface area contributed by atoms with E-state index < -0.39 is 16.9 Å². The highest BCUT2D eigenvalue weighted by atomic mass is 35.5.